The van der Waals surface area contributed by atoms with E-state index >= 15 is 0 Å². The number of hydrogen-bond donors (Lipinski definition) is 0. The minimum atomic E-state index is -3.62. The molecule has 2 atom stereocenters. The number of esters is 1. The number of likely N-dealkylation sites (tertiary alicyclic amines) is 1. The van der Waals surface area contributed by atoms with E-state index in [4.69, 9.17) is 16.3 Å². The van der Waals surface area contributed by atoms with Gasteiger partial charge in [-0.2, -0.15) is 4.31 Å². The van der Waals surface area contributed by atoms with E-state index in [-0.39, 0.29) is 30.5 Å². The van der Waals surface area contributed by atoms with Gasteiger partial charge in [-0.1, -0.05) is 25.4 Å². The largest absolute Gasteiger partial charge is 0.455 e. The summed E-state index contributed by atoms with van der Waals surface area (Å²) < 4.78 is 32.1. The lowest BCUT2D eigenvalue weighted by molar-refractivity contribution is -0.157. The molecule has 2 unspecified atom stereocenters. The second kappa shape index (κ2) is 9.66. The van der Waals surface area contributed by atoms with Gasteiger partial charge in [0.25, 0.3) is 5.91 Å². The topological polar surface area (TPSA) is 84.0 Å². The van der Waals surface area contributed by atoms with Crippen molar-refractivity contribution in [2.24, 2.45) is 17.8 Å². The zero-order valence-electron chi connectivity index (χ0n) is 17.4. The molecule has 2 aliphatic heterocycles. The highest BCUT2D eigenvalue weighted by Gasteiger charge is 2.33. The van der Waals surface area contributed by atoms with E-state index in [1.165, 1.54) is 16.4 Å². The highest BCUT2D eigenvalue weighted by atomic mass is 35.5. The predicted molar refractivity (Wildman–Crippen MR) is 113 cm³/mol. The van der Waals surface area contributed by atoms with Crippen molar-refractivity contribution in [3.8, 4) is 0 Å². The maximum Gasteiger partial charge on any atom is 0.309 e. The van der Waals surface area contributed by atoms with Crippen LogP contribution in [0.3, 0.4) is 0 Å². The molecule has 0 bridgehead atoms. The SMILES string of the molecule is CC1CC(C)CN(C(=O)COC(=O)C2CCN(S(=O)(=O)c3ccc(Cl)cc3)CC2)C1. The van der Waals surface area contributed by atoms with Gasteiger partial charge >= 0.3 is 5.97 Å². The van der Waals surface area contributed by atoms with E-state index in [0.29, 0.717) is 42.8 Å². The number of sulfonamides is 1. The Labute approximate surface area is 183 Å². The fourth-order valence-electron chi connectivity index (χ4n) is 4.30. The van der Waals surface area contributed by atoms with Crippen LogP contribution >= 0.6 is 11.6 Å². The number of nitrogens with zero attached hydrogens (tertiary/aromatic N) is 2. The summed E-state index contributed by atoms with van der Waals surface area (Å²) in [6.45, 7) is 5.85. The van der Waals surface area contributed by atoms with Crippen LogP contribution in [0.5, 0.6) is 0 Å². The van der Waals surface area contributed by atoms with Crippen LogP contribution in [0.15, 0.2) is 29.2 Å². The molecule has 0 saturated carbocycles. The summed E-state index contributed by atoms with van der Waals surface area (Å²) in [6, 6.07) is 6.04. The molecule has 1 aromatic carbocycles. The number of ether oxygens (including phenoxy) is 1. The van der Waals surface area contributed by atoms with Crippen molar-refractivity contribution < 1.29 is 22.7 Å². The third-order valence-electron chi connectivity index (χ3n) is 5.80. The lowest BCUT2D eigenvalue weighted by atomic mass is 9.92. The molecular formula is C21H29ClN2O5S. The van der Waals surface area contributed by atoms with Gasteiger partial charge in [-0.25, -0.2) is 8.42 Å². The Hall–Kier alpha value is -1.64. The van der Waals surface area contributed by atoms with E-state index in [9.17, 15) is 18.0 Å². The van der Waals surface area contributed by atoms with Crippen LogP contribution in [0, 0.1) is 17.8 Å². The fraction of sp³-hybridized carbons (Fsp3) is 0.619. The maximum atomic E-state index is 12.7. The Balaban J connectivity index is 1.48. The third kappa shape index (κ3) is 5.53. The van der Waals surface area contributed by atoms with E-state index in [1.807, 2.05) is 0 Å². The normalized spacial score (nSPS) is 23.9. The molecule has 30 heavy (non-hydrogen) atoms. The zero-order valence-corrected chi connectivity index (χ0v) is 19.0. The molecule has 9 heteroatoms. The summed E-state index contributed by atoms with van der Waals surface area (Å²) in [5.41, 5.74) is 0. The molecule has 2 saturated heterocycles. The number of rotatable bonds is 5. The first-order chi connectivity index (χ1) is 14.2. The fourth-order valence-corrected chi connectivity index (χ4v) is 5.89. The predicted octanol–water partition coefficient (Wildman–Crippen LogP) is 2.79. The van der Waals surface area contributed by atoms with E-state index in [2.05, 4.69) is 13.8 Å². The molecule has 2 heterocycles. The van der Waals surface area contributed by atoms with Crippen molar-refractivity contribution in [2.45, 2.75) is 38.0 Å². The van der Waals surface area contributed by atoms with Crippen LogP contribution in [0.4, 0.5) is 0 Å². The van der Waals surface area contributed by atoms with Crippen LogP contribution in [0.2, 0.25) is 5.02 Å². The van der Waals surface area contributed by atoms with Crippen LogP contribution in [0.1, 0.15) is 33.1 Å². The van der Waals surface area contributed by atoms with E-state index < -0.39 is 21.9 Å². The highest BCUT2D eigenvalue weighted by molar-refractivity contribution is 7.89. The molecule has 2 aliphatic rings. The van der Waals surface area contributed by atoms with E-state index in [1.54, 1.807) is 17.0 Å². The summed E-state index contributed by atoms with van der Waals surface area (Å²) in [5, 5.41) is 0.471. The lowest BCUT2D eigenvalue weighted by Gasteiger charge is -2.35. The minimum Gasteiger partial charge on any atom is -0.455 e. The number of halogens is 1. The summed E-state index contributed by atoms with van der Waals surface area (Å²) in [4.78, 5) is 26.7. The number of piperidine rings is 2. The van der Waals surface area contributed by atoms with Gasteiger partial charge in [0.15, 0.2) is 6.61 Å². The molecule has 7 nitrogen and oxygen atoms in total. The second-order valence-electron chi connectivity index (χ2n) is 8.48. The van der Waals surface area contributed by atoms with Gasteiger partial charge in [0.2, 0.25) is 10.0 Å². The Kier molecular flexibility index (Phi) is 7.42. The van der Waals surface area contributed by atoms with Crippen LogP contribution in [-0.2, 0) is 24.3 Å². The monoisotopic (exact) mass is 456 g/mol. The maximum absolute atomic E-state index is 12.7. The standard InChI is InChI=1S/C21H29ClN2O5S/c1-15-11-16(2)13-23(12-15)20(25)14-29-21(26)17-7-9-24(10-8-17)30(27,28)19-5-3-18(22)4-6-19/h3-6,15-17H,7-14H2,1-2H3. The molecule has 0 spiro atoms. The molecule has 0 radical (unpaired) electrons. The Bertz CT molecular complexity index is 856. The Morgan fingerprint density at radius 3 is 2.20 bits per heavy atom. The quantitative estimate of drug-likeness (QED) is 0.636. The van der Waals surface area contributed by atoms with Gasteiger partial charge in [-0.15, -0.1) is 0 Å². The summed E-state index contributed by atoms with van der Waals surface area (Å²) in [6.07, 6.45) is 1.84. The molecule has 3 rings (SSSR count). The molecule has 0 aliphatic carbocycles. The molecule has 2 fully saturated rings. The number of carbonyl (C=O) groups is 2. The molecule has 1 aromatic rings. The molecule has 0 aromatic heterocycles. The van der Waals surface area contributed by atoms with Gasteiger partial charge in [0.1, 0.15) is 0 Å². The van der Waals surface area contributed by atoms with Crippen molar-refractivity contribution in [3.05, 3.63) is 29.3 Å². The first-order valence-corrected chi connectivity index (χ1v) is 12.2. The van der Waals surface area contributed by atoms with Crippen molar-refractivity contribution in [1.82, 2.24) is 9.21 Å². The second-order valence-corrected chi connectivity index (χ2v) is 10.9. The first-order valence-electron chi connectivity index (χ1n) is 10.4. The van der Waals surface area contributed by atoms with Gasteiger partial charge in [0, 0.05) is 31.2 Å². The molecular weight excluding hydrogens is 428 g/mol. The number of benzene rings is 1. The number of hydrogen-bond acceptors (Lipinski definition) is 5. The highest BCUT2D eigenvalue weighted by Crippen LogP contribution is 2.26. The third-order valence-corrected chi connectivity index (χ3v) is 7.96. The number of amides is 1. The molecule has 1 amide bonds. The average Bonchev–Trinajstić information content (AvgIpc) is 2.71. The summed E-state index contributed by atoms with van der Waals surface area (Å²) in [7, 11) is -3.62. The van der Waals surface area contributed by atoms with Crippen LogP contribution in [-0.4, -0.2) is 62.3 Å². The van der Waals surface area contributed by atoms with E-state index in [0.717, 1.165) is 6.42 Å². The molecule has 166 valence electrons. The zero-order chi connectivity index (χ0) is 21.9. The first kappa shape index (κ1) is 23.0. The van der Waals surface area contributed by atoms with Gasteiger partial charge in [-0.05, 0) is 55.4 Å². The van der Waals surface area contributed by atoms with Crippen molar-refractivity contribution in [1.29, 1.82) is 0 Å². The van der Waals surface area contributed by atoms with Crippen molar-refractivity contribution >= 4 is 33.5 Å². The van der Waals surface area contributed by atoms with Gasteiger partial charge in [0.05, 0.1) is 10.8 Å². The van der Waals surface area contributed by atoms with Crippen LogP contribution < -0.4 is 0 Å². The summed E-state index contributed by atoms with van der Waals surface area (Å²) >= 11 is 5.83. The average molecular weight is 457 g/mol. The smallest absolute Gasteiger partial charge is 0.309 e. The lowest BCUT2D eigenvalue weighted by Crippen LogP contribution is -2.45. The van der Waals surface area contributed by atoms with Gasteiger partial charge < -0.3 is 9.64 Å². The Morgan fingerprint density at radius 2 is 1.63 bits per heavy atom. The van der Waals surface area contributed by atoms with Crippen LogP contribution in [0.25, 0.3) is 0 Å². The minimum absolute atomic E-state index is 0.162. The number of carbonyl (C=O) groups excluding carboxylic acids is 2. The van der Waals surface area contributed by atoms with Crippen molar-refractivity contribution in [2.75, 3.05) is 32.8 Å². The Morgan fingerprint density at radius 1 is 1.07 bits per heavy atom. The van der Waals surface area contributed by atoms with Gasteiger partial charge in [-0.3, -0.25) is 9.59 Å². The van der Waals surface area contributed by atoms with Crippen molar-refractivity contribution in [3.63, 3.8) is 0 Å². The molecule has 0 N–H and O–H groups in total. The summed E-state index contributed by atoms with van der Waals surface area (Å²) in [5.74, 6) is -0.0937.